The topological polar surface area (TPSA) is 43.1 Å². The lowest BCUT2D eigenvalue weighted by Gasteiger charge is -1.95. The Morgan fingerprint density at radius 2 is 2.23 bits per heavy atom. The molecular formula is C9H6FNO2. The lowest BCUT2D eigenvalue weighted by atomic mass is 10.2. The molecule has 0 atom stereocenters. The summed E-state index contributed by atoms with van der Waals surface area (Å²) in [4.78, 5) is 15.1. The highest BCUT2D eigenvalue weighted by Gasteiger charge is 2.03. The van der Waals surface area contributed by atoms with Crippen LogP contribution in [0.5, 0.6) is 0 Å². The first kappa shape index (κ1) is 7.91. The zero-order valence-electron chi connectivity index (χ0n) is 6.87. The number of hydrogen-bond acceptors (Lipinski definition) is 3. The molecule has 0 radical (unpaired) electrons. The minimum Gasteiger partial charge on any atom is -0.408 e. The summed E-state index contributed by atoms with van der Waals surface area (Å²) in [7, 11) is 0. The average molecular weight is 179 g/mol. The van der Waals surface area contributed by atoms with Crippen LogP contribution in [0, 0.1) is 12.7 Å². The predicted octanol–water partition coefficient (Wildman–Crippen LogP) is 1.64. The normalized spacial score (nSPS) is 10.6. The molecule has 13 heavy (non-hydrogen) atoms. The van der Waals surface area contributed by atoms with E-state index in [1.54, 1.807) is 6.92 Å². The van der Waals surface area contributed by atoms with E-state index in [4.69, 9.17) is 4.42 Å². The van der Waals surface area contributed by atoms with E-state index in [2.05, 4.69) is 4.98 Å². The van der Waals surface area contributed by atoms with Crippen molar-refractivity contribution in [3.8, 4) is 0 Å². The fourth-order valence-electron chi connectivity index (χ4n) is 1.15. The maximum Gasteiger partial charge on any atom is 0.346 e. The average Bonchev–Trinajstić information content (AvgIpc) is 2.06. The maximum atomic E-state index is 12.7. The number of aryl methyl sites for hydroxylation is 1. The van der Waals surface area contributed by atoms with E-state index in [0.29, 0.717) is 5.52 Å². The molecule has 0 fully saturated rings. The van der Waals surface area contributed by atoms with Crippen molar-refractivity contribution in [2.45, 2.75) is 6.92 Å². The number of aromatic nitrogens is 1. The Kier molecular flexibility index (Phi) is 1.62. The van der Waals surface area contributed by atoms with Crippen molar-refractivity contribution in [3.63, 3.8) is 0 Å². The van der Waals surface area contributed by atoms with E-state index in [-0.39, 0.29) is 11.3 Å². The molecular weight excluding hydrogens is 173 g/mol. The van der Waals surface area contributed by atoms with Crippen LogP contribution in [0.25, 0.3) is 10.9 Å². The predicted molar refractivity (Wildman–Crippen MR) is 45.0 cm³/mol. The standard InChI is InChI=1S/C9H6FNO2/c1-5-11-8-3-2-6(10)4-7(8)9(12)13-5/h2-4H,1H3. The third-order valence-electron chi connectivity index (χ3n) is 1.70. The van der Waals surface area contributed by atoms with Crippen LogP contribution in [0.2, 0.25) is 0 Å². The molecule has 0 aliphatic carbocycles. The van der Waals surface area contributed by atoms with Crippen LogP contribution in [0.3, 0.4) is 0 Å². The number of halogens is 1. The van der Waals surface area contributed by atoms with Crippen molar-refractivity contribution in [2.24, 2.45) is 0 Å². The molecule has 0 aliphatic rings. The van der Waals surface area contributed by atoms with Crippen LogP contribution in [0.4, 0.5) is 4.39 Å². The summed E-state index contributed by atoms with van der Waals surface area (Å²) >= 11 is 0. The number of hydrogen-bond donors (Lipinski definition) is 0. The van der Waals surface area contributed by atoms with Crippen LogP contribution in [-0.4, -0.2) is 4.98 Å². The van der Waals surface area contributed by atoms with Crippen molar-refractivity contribution in [1.29, 1.82) is 0 Å². The Hall–Kier alpha value is -1.71. The Morgan fingerprint density at radius 3 is 3.00 bits per heavy atom. The van der Waals surface area contributed by atoms with Gasteiger partial charge in [-0.05, 0) is 18.2 Å². The van der Waals surface area contributed by atoms with Gasteiger partial charge in [0.2, 0.25) is 0 Å². The molecule has 3 nitrogen and oxygen atoms in total. The second-order valence-electron chi connectivity index (χ2n) is 2.68. The van der Waals surface area contributed by atoms with Crippen LogP contribution in [0.1, 0.15) is 5.89 Å². The number of rotatable bonds is 0. The molecule has 0 unspecified atom stereocenters. The monoisotopic (exact) mass is 179 g/mol. The zero-order valence-corrected chi connectivity index (χ0v) is 6.87. The first-order valence-electron chi connectivity index (χ1n) is 3.74. The van der Waals surface area contributed by atoms with Crippen LogP contribution in [-0.2, 0) is 0 Å². The van der Waals surface area contributed by atoms with Gasteiger partial charge < -0.3 is 4.42 Å². The van der Waals surface area contributed by atoms with E-state index < -0.39 is 11.4 Å². The van der Waals surface area contributed by atoms with Gasteiger partial charge in [0.05, 0.1) is 10.9 Å². The van der Waals surface area contributed by atoms with Crippen molar-refractivity contribution < 1.29 is 8.81 Å². The second-order valence-corrected chi connectivity index (χ2v) is 2.68. The Bertz CT molecular complexity index is 518. The summed E-state index contributed by atoms with van der Waals surface area (Å²) in [6.07, 6.45) is 0. The van der Waals surface area contributed by atoms with Gasteiger partial charge in [-0.3, -0.25) is 0 Å². The van der Waals surface area contributed by atoms with Crippen LogP contribution in [0.15, 0.2) is 27.4 Å². The van der Waals surface area contributed by atoms with Gasteiger partial charge in [-0.2, -0.15) is 0 Å². The number of benzene rings is 1. The highest BCUT2D eigenvalue weighted by Crippen LogP contribution is 2.09. The van der Waals surface area contributed by atoms with Crippen LogP contribution < -0.4 is 5.63 Å². The van der Waals surface area contributed by atoms with Crippen molar-refractivity contribution in [1.82, 2.24) is 4.98 Å². The highest BCUT2D eigenvalue weighted by molar-refractivity contribution is 5.76. The molecule has 1 heterocycles. The minimum atomic E-state index is -0.554. The Labute approximate surface area is 72.8 Å². The number of nitrogens with zero attached hydrogens (tertiary/aromatic N) is 1. The molecule has 0 aliphatic heterocycles. The smallest absolute Gasteiger partial charge is 0.346 e. The summed E-state index contributed by atoms with van der Waals surface area (Å²) < 4.78 is 17.4. The van der Waals surface area contributed by atoms with Crippen molar-refractivity contribution in [2.75, 3.05) is 0 Å². The quantitative estimate of drug-likeness (QED) is 0.617. The molecule has 1 aromatic heterocycles. The molecule has 2 rings (SSSR count). The molecule has 2 aromatic rings. The molecule has 66 valence electrons. The molecule has 0 amide bonds. The van der Waals surface area contributed by atoms with Gasteiger partial charge in [0, 0.05) is 6.92 Å². The van der Waals surface area contributed by atoms with Crippen LogP contribution >= 0.6 is 0 Å². The molecule has 1 aromatic carbocycles. The maximum absolute atomic E-state index is 12.7. The fourth-order valence-corrected chi connectivity index (χ4v) is 1.15. The summed E-state index contributed by atoms with van der Waals surface area (Å²) in [5.74, 6) is -0.186. The summed E-state index contributed by atoms with van der Waals surface area (Å²) in [6, 6.07) is 3.83. The van der Waals surface area contributed by atoms with E-state index >= 15 is 0 Å². The molecule has 0 bridgehead atoms. The Morgan fingerprint density at radius 1 is 1.46 bits per heavy atom. The fraction of sp³-hybridized carbons (Fsp3) is 0.111. The lowest BCUT2D eigenvalue weighted by Crippen LogP contribution is -2.02. The van der Waals surface area contributed by atoms with Gasteiger partial charge in [0.25, 0.3) is 0 Å². The molecule has 0 saturated heterocycles. The van der Waals surface area contributed by atoms with E-state index in [0.717, 1.165) is 6.07 Å². The first-order valence-corrected chi connectivity index (χ1v) is 3.74. The van der Waals surface area contributed by atoms with E-state index in [1.165, 1.54) is 12.1 Å². The number of fused-ring (bicyclic) bond motifs is 1. The third kappa shape index (κ3) is 1.30. The summed E-state index contributed by atoms with van der Waals surface area (Å²) in [5.41, 5.74) is -0.0999. The molecule has 4 heteroatoms. The largest absolute Gasteiger partial charge is 0.408 e. The van der Waals surface area contributed by atoms with Gasteiger partial charge in [-0.15, -0.1) is 0 Å². The summed E-state index contributed by atoms with van der Waals surface area (Å²) in [5, 5.41) is 0.172. The molecule has 0 saturated carbocycles. The summed E-state index contributed by atoms with van der Waals surface area (Å²) in [6.45, 7) is 1.57. The molecule has 0 spiro atoms. The van der Waals surface area contributed by atoms with E-state index in [1.807, 2.05) is 0 Å². The third-order valence-corrected chi connectivity index (χ3v) is 1.70. The van der Waals surface area contributed by atoms with Gasteiger partial charge in [-0.1, -0.05) is 0 Å². The SMILES string of the molecule is Cc1nc2ccc(F)cc2c(=O)o1. The van der Waals surface area contributed by atoms with E-state index in [9.17, 15) is 9.18 Å². The van der Waals surface area contributed by atoms with Gasteiger partial charge in [0.1, 0.15) is 5.82 Å². The van der Waals surface area contributed by atoms with Crippen molar-refractivity contribution >= 4 is 10.9 Å². The van der Waals surface area contributed by atoms with Gasteiger partial charge in [-0.25, -0.2) is 14.2 Å². The molecule has 0 N–H and O–H groups in total. The zero-order chi connectivity index (χ0) is 9.42. The van der Waals surface area contributed by atoms with Gasteiger partial charge in [0.15, 0.2) is 5.89 Å². The Balaban J connectivity index is 2.95. The van der Waals surface area contributed by atoms with Crippen molar-refractivity contribution in [3.05, 3.63) is 40.3 Å². The minimum absolute atomic E-state index is 0.172. The highest BCUT2D eigenvalue weighted by atomic mass is 19.1. The first-order chi connectivity index (χ1) is 6.16. The van der Waals surface area contributed by atoms with Gasteiger partial charge >= 0.3 is 5.63 Å². The second kappa shape index (κ2) is 2.65. The lowest BCUT2D eigenvalue weighted by molar-refractivity contribution is 0.466.